The average Bonchev–Trinajstić information content (AvgIpc) is 3.17. The number of methoxy groups -OCH3 is 2. The Labute approximate surface area is 231 Å². The Morgan fingerprint density at radius 2 is 1.59 bits per heavy atom. The monoisotopic (exact) mass is 587 g/mol. The van der Waals surface area contributed by atoms with E-state index in [0.29, 0.717) is 12.0 Å². The number of halogens is 1. The van der Waals surface area contributed by atoms with Crippen LogP contribution in [0.1, 0.15) is 50.5 Å². The minimum absolute atomic E-state index is 0.177. The molecule has 0 N–H and O–H groups in total. The fourth-order valence-electron chi connectivity index (χ4n) is 4.12. The number of thiophene rings is 1. The topological polar surface area (TPSA) is 65.1 Å². The Kier molecular flexibility index (Phi) is 11.2. The van der Waals surface area contributed by atoms with E-state index in [1.165, 1.54) is 29.5 Å². The van der Waals surface area contributed by atoms with E-state index in [1.54, 1.807) is 23.5 Å². The van der Waals surface area contributed by atoms with Crippen LogP contribution in [0, 0.1) is 13.8 Å². The summed E-state index contributed by atoms with van der Waals surface area (Å²) in [6.07, 6.45) is 2.93. The van der Waals surface area contributed by atoms with Crippen molar-refractivity contribution in [1.29, 1.82) is 0 Å². The molecule has 0 fully saturated rings. The third-order valence-corrected chi connectivity index (χ3v) is 7.72. The molecule has 0 radical (unpaired) electrons. The second-order valence-electron chi connectivity index (χ2n) is 8.83. The SMILES string of the molecule is COC(=O)CCCCN(CCc1c(C)sc(C)c1Oc1ccc(Br)cc1)Cc1ccc(C(=O)OC)cc1. The van der Waals surface area contributed by atoms with Crippen molar-refractivity contribution in [3.05, 3.63) is 79.4 Å². The van der Waals surface area contributed by atoms with Crippen LogP contribution >= 0.6 is 27.3 Å². The molecule has 0 spiro atoms. The molecule has 0 aliphatic carbocycles. The van der Waals surface area contributed by atoms with Gasteiger partial charge in [0.2, 0.25) is 0 Å². The summed E-state index contributed by atoms with van der Waals surface area (Å²) in [6, 6.07) is 15.4. The number of hydrogen-bond acceptors (Lipinski definition) is 7. The predicted molar refractivity (Wildman–Crippen MR) is 151 cm³/mol. The van der Waals surface area contributed by atoms with Gasteiger partial charge < -0.3 is 14.2 Å². The zero-order valence-electron chi connectivity index (χ0n) is 21.8. The van der Waals surface area contributed by atoms with Crippen molar-refractivity contribution in [1.82, 2.24) is 4.90 Å². The molecule has 0 aliphatic heterocycles. The van der Waals surface area contributed by atoms with E-state index in [4.69, 9.17) is 14.2 Å². The molecule has 8 heteroatoms. The number of rotatable bonds is 13. The minimum Gasteiger partial charge on any atom is -0.469 e. The van der Waals surface area contributed by atoms with E-state index in [1.807, 2.05) is 36.4 Å². The predicted octanol–water partition coefficient (Wildman–Crippen LogP) is 7.09. The normalized spacial score (nSPS) is 11.0. The molecule has 0 saturated carbocycles. The second-order valence-corrected chi connectivity index (χ2v) is 11.2. The van der Waals surface area contributed by atoms with Crippen LogP contribution in [0.4, 0.5) is 0 Å². The van der Waals surface area contributed by atoms with Crippen molar-refractivity contribution in [2.75, 3.05) is 27.3 Å². The summed E-state index contributed by atoms with van der Waals surface area (Å²) >= 11 is 5.24. The lowest BCUT2D eigenvalue weighted by atomic mass is 10.1. The average molecular weight is 589 g/mol. The van der Waals surface area contributed by atoms with Gasteiger partial charge in [0.05, 0.1) is 19.8 Å². The first-order valence-corrected chi connectivity index (χ1v) is 13.9. The molecule has 0 aliphatic rings. The highest BCUT2D eigenvalue weighted by Crippen LogP contribution is 2.38. The third-order valence-electron chi connectivity index (χ3n) is 6.15. The number of carbonyl (C=O) groups excluding carboxylic acids is 2. The summed E-state index contributed by atoms with van der Waals surface area (Å²) in [5.74, 6) is 1.24. The molecule has 0 amide bonds. The summed E-state index contributed by atoms with van der Waals surface area (Å²) in [5, 5.41) is 0. The van der Waals surface area contributed by atoms with Gasteiger partial charge in [0.25, 0.3) is 0 Å². The summed E-state index contributed by atoms with van der Waals surface area (Å²) in [4.78, 5) is 28.1. The zero-order chi connectivity index (χ0) is 26.8. The molecular weight excluding hydrogens is 554 g/mol. The Morgan fingerprint density at radius 1 is 0.892 bits per heavy atom. The number of esters is 2. The van der Waals surface area contributed by atoms with Gasteiger partial charge in [-0.25, -0.2) is 4.79 Å². The van der Waals surface area contributed by atoms with Crippen LogP contribution in [0.15, 0.2) is 53.0 Å². The maximum Gasteiger partial charge on any atom is 0.337 e. The van der Waals surface area contributed by atoms with Crippen molar-refractivity contribution in [2.45, 2.75) is 46.1 Å². The molecule has 0 unspecified atom stereocenters. The van der Waals surface area contributed by atoms with Crippen LogP contribution in [-0.2, 0) is 27.2 Å². The molecule has 6 nitrogen and oxygen atoms in total. The van der Waals surface area contributed by atoms with Gasteiger partial charge in [-0.3, -0.25) is 9.69 Å². The molecule has 0 atom stereocenters. The van der Waals surface area contributed by atoms with E-state index in [0.717, 1.165) is 60.4 Å². The first-order valence-electron chi connectivity index (χ1n) is 12.3. The van der Waals surface area contributed by atoms with Crippen molar-refractivity contribution < 1.29 is 23.8 Å². The van der Waals surface area contributed by atoms with Crippen LogP contribution in [0.3, 0.4) is 0 Å². The van der Waals surface area contributed by atoms with Crippen LogP contribution < -0.4 is 4.74 Å². The Morgan fingerprint density at radius 3 is 2.24 bits per heavy atom. The van der Waals surface area contributed by atoms with Crippen LogP contribution in [0.25, 0.3) is 0 Å². The van der Waals surface area contributed by atoms with E-state index in [2.05, 4.69) is 34.7 Å². The molecule has 0 saturated heterocycles. The number of ether oxygens (including phenoxy) is 3. The minimum atomic E-state index is -0.340. The lowest BCUT2D eigenvalue weighted by molar-refractivity contribution is -0.140. The summed E-state index contributed by atoms with van der Waals surface area (Å²) in [7, 11) is 2.81. The highest BCUT2D eigenvalue weighted by atomic mass is 79.9. The highest BCUT2D eigenvalue weighted by molar-refractivity contribution is 9.10. The molecule has 198 valence electrons. The maximum absolute atomic E-state index is 11.8. The second kappa shape index (κ2) is 14.3. The molecule has 37 heavy (non-hydrogen) atoms. The Balaban J connectivity index is 1.71. The molecule has 3 rings (SSSR count). The number of unbranched alkanes of at least 4 members (excludes halogenated alkanes) is 1. The molecule has 1 aromatic heterocycles. The molecule has 2 aromatic carbocycles. The van der Waals surface area contributed by atoms with E-state index in [9.17, 15) is 9.59 Å². The molecule has 1 heterocycles. The van der Waals surface area contributed by atoms with Gasteiger partial charge in [-0.2, -0.15) is 0 Å². The lowest BCUT2D eigenvalue weighted by Gasteiger charge is -2.23. The highest BCUT2D eigenvalue weighted by Gasteiger charge is 2.17. The van der Waals surface area contributed by atoms with E-state index in [-0.39, 0.29) is 11.9 Å². The van der Waals surface area contributed by atoms with Gasteiger partial charge in [0, 0.05) is 39.3 Å². The summed E-state index contributed by atoms with van der Waals surface area (Å²) in [5.41, 5.74) is 2.88. The van der Waals surface area contributed by atoms with E-state index >= 15 is 0 Å². The first kappa shape index (κ1) is 28.9. The Bertz CT molecular complexity index is 1170. The van der Waals surface area contributed by atoms with Crippen molar-refractivity contribution in [3.8, 4) is 11.5 Å². The maximum atomic E-state index is 11.8. The standard InChI is InChI=1S/C29H34BrNO5S/c1-20-26(28(21(2)37-20)36-25-14-12-24(30)13-15-25)16-18-31(17-6-5-7-27(32)34-3)19-22-8-10-23(11-9-22)29(33)35-4/h8-15H,5-7,16-19H2,1-4H3. The van der Waals surface area contributed by atoms with Gasteiger partial charge >= 0.3 is 11.9 Å². The molecular formula is C29H34BrNO5S. The van der Waals surface area contributed by atoms with Gasteiger partial charge in [0.15, 0.2) is 0 Å². The molecule has 0 bridgehead atoms. The number of benzene rings is 2. The largest absolute Gasteiger partial charge is 0.469 e. The Hall–Kier alpha value is -2.68. The first-order chi connectivity index (χ1) is 17.8. The van der Waals surface area contributed by atoms with Crippen LogP contribution in [-0.4, -0.2) is 44.1 Å². The fourth-order valence-corrected chi connectivity index (χ4v) is 5.42. The van der Waals surface area contributed by atoms with Crippen molar-refractivity contribution >= 4 is 39.2 Å². The quantitative estimate of drug-likeness (QED) is 0.157. The van der Waals surface area contributed by atoms with E-state index < -0.39 is 0 Å². The van der Waals surface area contributed by atoms with Gasteiger partial charge in [-0.15, -0.1) is 11.3 Å². The molecule has 3 aromatic rings. The summed E-state index contributed by atoms with van der Waals surface area (Å²) < 4.78 is 16.9. The fraction of sp³-hybridized carbons (Fsp3) is 0.379. The number of nitrogens with zero attached hydrogens (tertiary/aromatic N) is 1. The smallest absolute Gasteiger partial charge is 0.337 e. The van der Waals surface area contributed by atoms with Crippen LogP contribution in [0.5, 0.6) is 11.5 Å². The van der Waals surface area contributed by atoms with Crippen molar-refractivity contribution in [3.63, 3.8) is 0 Å². The number of aryl methyl sites for hydroxylation is 2. The zero-order valence-corrected chi connectivity index (χ0v) is 24.2. The van der Waals surface area contributed by atoms with Crippen molar-refractivity contribution in [2.24, 2.45) is 0 Å². The lowest BCUT2D eigenvalue weighted by Crippen LogP contribution is -2.27. The van der Waals surface area contributed by atoms with Gasteiger partial charge in [-0.1, -0.05) is 28.1 Å². The van der Waals surface area contributed by atoms with Gasteiger partial charge in [0.1, 0.15) is 11.5 Å². The number of hydrogen-bond donors (Lipinski definition) is 0. The number of carbonyl (C=O) groups is 2. The van der Waals surface area contributed by atoms with Crippen LogP contribution in [0.2, 0.25) is 0 Å². The summed E-state index contributed by atoms with van der Waals surface area (Å²) in [6.45, 7) is 6.67. The third kappa shape index (κ3) is 8.69. The van der Waals surface area contributed by atoms with Gasteiger partial charge in [-0.05, 0) is 81.6 Å².